The maximum absolute atomic E-state index is 12.4. The molecule has 0 aliphatic carbocycles. The minimum absolute atomic E-state index is 0.153. The Labute approximate surface area is 106 Å². The number of carboxylic acids is 1. The SMILES string of the molecule is CCC1(C(=O)O)CCCN1C(=O)N1CCOCC1. The van der Waals surface area contributed by atoms with Gasteiger partial charge in [0.15, 0.2) is 0 Å². The van der Waals surface area contributed by atoms with E-state index in [2.05, 4.69) is 0 Å². The molecule has 2 aliphatic rings. The second kappa shape index (κ2) is 5.14. The Morgan fingerprint density at radius 3 is 2.50 bits per heavy atom. The summed E-state index contributed by atoms with van der Waals surface area (Å²) >= 11 is 0. The van der Waals surface area contributed by atoms with E-state index in [-0.39, 0.29) is 6.03 Å². The minimum atomic E-state index is -1.00. The van der Waals surface area contributed by atoms with Crippen molar-refractivity contribution in [2.75, 3.05) is 32.8 Å². The highest BCUT2D eigenvalue weighted by Gasteiger charge is 2.49. The van der Waals surface area contributed by atoms with E-state index in [9.17, 15) is 14.7 Å². The first-order chi connectivity index (χ1) is 8.62. The summed E-state index contributed by atoms with van der Waals surface area (Å²) in [6.45, 7) is 4.54. The molecule has 1 unspecified atom stereocenters. The number of amides is 2. The molecular weight excluding hydrogens is 236 g/mol. The van der Waals surface area contributed by atoms with Gasteiger partial charge in [0.05, 0.1) is 13.2 Å². The lowest BCUT2D eigenvalue weighted by atomic mass is 9.93. The van der Waals surface area contributed by atoms with Crippen molar-refractivity contribution in [1.29, 1.82) is 0 Å². The lowest BCUT2D eigenvalue weighted by molar-refractivity contribution is -0.148. The van der Waals surface area contributed by atoms with Crippen molar-refractivity contribution in [3.05, 3.63) is 0 Å². The maximum Gasteiger partial charge on any atom is 0.329 e. The fourth-order valence-corrected chi connectivity index (χ4v) is 2.82. The van der Waals surface area contributed by atoms with Gasteiger partial charge < -0.3 is 19.6 Å². The smallest absolute Gasteiger partial charge is 0.329 e. The highest BCUT2D eigenvalue weighted by Crippen LogP contribution is 2.33. The third-order valence-corrected chi connectivity index (χ3v) is 3.98. The van der Waals surface area contributed by atoms with Crippen molar-refractivity contribution in [1.82, 2.24) is 9.80 Å². The van der Waals surface area contributed by atoms with Crippen molar-refractivity contribution in [2.24, 2.45) is 0 Å². The van der Waals surface area contributed by atoms with E-state index < -0.39 is 11.5 Å². The Balaban J connectivity index is 2.15. The summed E-state index contributed by atoms with van der Waals surface area (Å²) < 4.78 is 5.21. The molecule has 102 valence electrons. The zero-order valence-electron chi connectivity index (χ0n) is 10.7. The summed E-state index contributed by atoms with van der Waals surface area (Å²) in [5.41, 5.74) is -1.00. The lowest BCUT2D eigenvalue weighted by Crippen LogP contribution is -2.58. The van der Waals surface area contributed by atoms with Gasteiger partial charge in [0.2, 0.25) is 0 Å². The molecule has 18 heavy (non-hydrogen) atoms. The highest BCUT2D eigenvalue weighted by molar-refractivity contribution is 5.87. The zero-order valence-corrected chi connectivity index (χ0v) is 10.7. The summed E-state index contributed by atoms with van der Waals surface area (Å²) in [6, 6.07) is -0.153. The summed E-state index contributed by atoms with van der Waals surface area (Å²) in [4.78, 5) is 27.2. The van der Waals surface area contributed by atoms with Gasteiger partial charge in [-0.2, -0.15) is 0 Å². The van der Waals surface area contributed by atoms with Gasteiger partial charge in [-0.3, -0.25) is 0 Å². The standard InChI is InChI=1S/C12H20N2O4/c1-2-12(10(15)16)4-3-5-14(12)11(17)13-6-8-18-9-7-13/h2-9H2,1H3,(H,15,16). The van der Waals surface area contributed by atoms with Crippen LogP contribution in [0.3, 0.4) is 0 Å². The predicted octanol–water partition coefficient (Wildman–Crippen LogP) is 0.768. The molecule has 0 aromatic heterocycles. The van der Waals surface area contributed by atoms with Crippen LogP contribution in [0.15, 0.2) is 0 Å². The molecule has 0 radical (unpaired) electrons. The number of hydrogen-bond donors (Lipinski definition) is 1. The average Bonchev–Trinajstić information content (AvgIpc) is 2.84. The first kappa shape index (κ1) is 13.1. The predicted molar refractivity (Wildman–Crippen MR) is 64.4 cm³/mol. The topological polar surface area (TPSA) is 70.1 Å². The van der Waals surface area contributed by atoms with Gasteiger partial charge in [-0.05, 0) is 19.3 Å². The average molecular weight is 256 g/mol. The van der Waals surface area contributed by atoms with Gasteiger partial charge in [-0.1, -0.05) is 6.92 Å². The normalized spacial score (nSPS) is 28.5. The van der Waals surface area contributed by atoms with Crippen LogP contribution in [0, 0.1) is 0 Å². The number of morpholine rings is 1. The molecule has 2 saturated heterocycles. The molecule has 2 aliphatic heterocycles. The molecule has 6 heteroatoms. The third-order valence-electron chi connectivity index (χ3n) is 3.98. The Morgan fingerprint density at radius 2 is 1.94 bits per heavy atom. The molecule has 0 spiro atoms. The number of nitrogens with zero attached hydrogens (tertiary/aromatic N) is 2. The summed E-state index contributed by atoms with van der Waals surface area (Å²) in [7, 11) is 0. The van der Waals surface area contributed by atoms with E-state index in [0.29, 0.717) is 45.7 Å². The Morgan fingerprint density at radius 1 is 1.28 bits per heavy atom. The number of carboxylic acid groups (broad SMARTS) is 1. The summed E-state index contributed by atoms with van der Waals surface area (Å²) in [5, 5.41) is 9.44. The molecule has 2 fully saturated rings. The van der Waals surface area contributed by atoms with Gasteiger partial charge in [0.25, 0.3) is 0 Å². The monoisotopic (exact) mass is 256 g/mol. The van der Waals surface area contributed by atoms with Crippen LogP contribution in [-0.4, -0.2) is 65.3 Å². The van der Waals surface area contributed by atoms with E-state index >= 15 is 0 Å². The van der Waals surface area contributed by atoms with Gasteiger partial charge in [-0.15, -0.1) is 0 Å². The van der Waals surface area contributed by atoms with Crippen molar-refractivity contribution < 1.29 is 19.4 Å². The van der Waals surface area contributed by atoms with Crippen LogP contribution in [0.4, 0.5) is 4.79 Å². The maximum atomic E-state index is 12.4. The van der Waals surface area contributed by atoms with Crippen molar-refractivity contribution in [3.8, 4) is 0 Å². The Hall–Kier alpha value is -1.30. The number of carbonyl (C=O) groups is 2. The molecule has 0 bridgehead atoms. The van der Waals surface area contributed by atoms with Crippen LogP contribution in [0.1, 0.15) is 26.2 Å². The largest absolute Gasteiger partial charge is 0.479 e. The van der Waals surface area contributed by atoms with Gasteiger partial charge in [-0.25, -0.2) is 9.59 Å². The van der Waals surface area contributed by atoms with Crippen LogP contribution >= 0.6 is 0 Å². The van der Waals surface area contributed by atoms with Crippen LogP contribution in [0.25, 0.3) is 0 Å². The first-order valence-corrected chi connectivity index (χ1v) is 6.49. The molecule has 1 N–H and O–H groups in total. The van der Waals surface area contributed by atoms with Crippen molar-refractivity contribution in [3.63, 3.8) is 0 Å². The first-order valence-electron chi connectivity index (χ1n) is 6.49. The van der Waals surface area contributed by atoms with Crippen LogP contribution < -0.4 is 0 Å². The number of likely N-dealkylation sites (tertiary alicyclic amines) is 1. The van der Waals surface area contributed by atoms with E-state index in [4.69, 9.17) is 4.74 Å². The molecule has 0 aromatic carbocycles. The lowest BCUT2D eigenvalue weighted by Gasteiger charge is -2.38. The number of carbonyl (C=O) groups excluding carboxylic acids is 1. The van der Waals surface area contributed by atoms with Gasteiger partial charge >= 0.3 is 12.0 Å². The third kappa shape index (κ3) is 2.05. The molecule has 0 saturated carbocycles. The number of aliphatic carboxylic acids is 1. The fourth-order valence-electron chi connectivity index (χ4n) is 2.82. The second-order valence-electron chi connectivity index (χ2n) is 4.83. The minimum Gasteiger partial charge on any atom is -0.479 e. The molecule has 0 aromatic rings. The van der Waals surface area contributed by atoms with E-state index in [1.807, 2.05) is 6.92 Å². The summed E-state index contributed by atoms with van der Waals surface area (Å²) in [5.74, 6) is -0.885. The number of rotatable bonds is 2. The van der Waals surface area contributed by atoms with E-state index in [1.54, 1.807) is 9.80 Å². The van der Waals surface area contributed by atoms with Crippen molar-refractivity contribution in [2.45, 2.75) is 31.7 Å². The van der Waals surface area contributed by atoms with E-state index in [1.165, 1.54) is 0 Å². The fraction of sp³-hybridized carbons (Fsp3) is 0.833. The molecule has 1 atom stereocenters. The Kier molecular flexibility index (Phi) is 3.75. The van der Waals surface area contributed by atoms with Crippen LogP contribution in [0.5, 0.6) is 0 Å². The van der Waals surface area contributed by atoms with Crippen LogP contribution in [0.2, 0.25) is 0 Å². The second-order valence-corrected chi connectivity index (χ2v) is 4.83. The zero-order chi connectivity index (χ0) is 13.2. The Bertz CT molecular complexity index is 341. The number of hydrogen-bond acceptors (Lipinski definition) is 3. The molecule has 2 rings (SSSR count). The molecule has 2 heterocycles. The number of ether oxygens (including phenoxy) is 1. The highest BCUT2D eigenvalue weighted by atomic mass is 16.5. The van der Waals surface area contributed by atoms with E-state index in [0.717, 1.165) is 6.42 Å². The molecule has 6 nitrogen and oxygen atoms in total. The van der Waals surface area contributed by atoms with Gasteiger partial charge in [0, 0.05) is 19.6 Å². The summed E-state index contributed by atoms with van der Waals surface area (Å²) in [6.07, 6.45) is 1.77. The number of urea groups is 1. The molecule has 2 amide bonds. The van der Waals surface area contributed by atoms with Gasteiger partial charge in [0.1, 0.15) is 5.54 Å². The molecular formula is C12H20N2O4. The quantitative estimate of drug-likeness (QED) is 0.792. The van der Waals surface area contributed by atoms with Crippen molar-refractivity contribution >= 4 is 12.0 Å². The van der Waals surface area contributed by atoms with Crippen LogP contribution in [-0.2, 0) is 9.53 Å².